The summed E-state index contributed by atoms with van der Waals surface area (Å²) in [6, 6.07) is 13.0. The zero-order chi connectivity index (χ0) is 22.4. The molecule has 1 atom stereocenters. The van der Waals surface area contributed by atoms with Crippen molar-refractivity contribution in [3.05, 3.63) is 53.6 Å². The van der Waals surface area contributed by atoms with Gasteiger partial charge >= 0.3 is 0 Å². The maximum Gasteiger partial charge on any atom is 0.282 e. The summed E-state index contributed by atoms with van der Waals surface area (Å²) in [5, 5.41) is 2.98. The van der Waals surface area contributed by atoms with E-state index in [9.17, 15) is 9.59 Å². The number of rotatable bonds is 8. The summed E-state index contributed by atoms with van der Waals surface area (Å²) in [7, 11) is 3.30. The highest BCUT2D eigenvalue weighted by Gasteiger charge is 2.31. The third kappa shape index (κ3) is 5.83. The maximum absolute atomic E-state index is 12.7. The molecule has 0 aromatic heterocycles. The van der Waals surface area contributed by atoms with Crippen molar-refractivity contribution in [1.82, 2.24) is 0 Å². The Bertz CT molecular complexity index is 906. The van der Waals surface area contributed by atoms with Gasteiger partial charge < -0.3 is 24.6 Å². The van der Waals surface area contributed by atoms with Crippen LogP contribution in [-0.2, 0) is 11.3 Å². The van der Waals surface area contributed by atoms with Crippen molar-refractivity contribution < 1.29 is 28.9 Å². The number of methoxy groups -OCH3 is 2. The quantitative estimate of drug-likeness (QED) is 0.527. The molecule has 166 valence electrons. The minimum absolute atomic E-state index is 0.00826. The molecule has 2 aromatic rings. The average Bonchev–Trinajstić information content (AvgIpc) is 2.79. The van der Waals surface area contributed by atoms with Crippen molar-refractivity contribution in [2.45, 2.75) is 26.4 Å². The van der Waals surface area contributed by atoms with Crippen molar-refractivity contribution in [1.29, 1.82) is 0 Å². The summed E-state index contributed by atoms with van der Waals surface area (Å²) in [6.07, 6.45) is 0. The van der Waals surface area contributed by atoms with Crippen LogP contribution in [0.3, 0.4) is 0 Å². The Morgan fingerprint density at radius 1 is 0.968 bits per heavy atom. The highest BCUT2D eigenvalue weighted by molar-refractivity contribution is 5.96. The lowest BCUT2D eigenvalue weighted by Crippen LogP contribution is -3.29. The minimum atomic E-state index is -0.130. The van der Waals surface area contributed by atoms with Gasteiger partial charge in [-0.3, -0.25) is 9.59 Å². The number of benzene rings is 2. The van der Waals surface area contributed by atoms with E-state index in [4.69, 9.17) is 9.47 Å². The molecule has 1 amide bonds. The van der Waals surface area contributed by atoms with Gasteiger partial charge in [-0.05, 0) is 56.3 Å². The van der Waals surface area contributed by atoms with Gasteiger partial charge in [-0.2, -0.15) is 0 Å². The number of ether oxygens (including phenoxy) is 2. The fourth-order valence-corrected chi connectivity index (χ4v) is 4.04. The number of quaternary nitrogens is 2. The molecule has 3 N–H and O–H groups in total. The van der Waals surface area contributed by atoms with Gasteiger partial charge in [-0.25, -0.2) is 0 Å². The molecule has 0 spiro atoms. The Kier molecular flexibility index (Phi) is 7.65. The van der Waals surface area contributed by atoms with E-state index in [0.29, 0.717) is 5.56 Å². The number of nitrogens with one attached hydrogen (secondary N) is 3. The summed E-state index contributed by atoms with van der Waals surface area (Å²) < 4.78 is 10.7. The monoisotopic (exact) mass is 427 g/mol. The molecule has 7 nitrogen and oxygen atoms in total. The summed E-state index contributed by atoms with van der Waals surface area (Å²) in [6.45, 7) is 8.35. The fraction of sp³-hybridized carbons (Fsp3) is 0.417. The van der Waals surface area contributed by atoms with Crippen molar-refractivity contribution in [3.63, 3.8) is 0 Å². The Labute approximate surface area is 183 Å². The number of amides is 1. The van der Waals surface area contributed by atoms with E-state index in [0.717, 1.165) is 49.9 Å². The Morgan fingerprint density at radius 3 is 2.19 bits per heavy atom. The topological polar surface area (TPSA) is 73.5 Å². The van der Waals surface area contributed by atoms with Crippen LogP contribution in [0.4, 0.5) is 5.69 Å². The van der Waals surface area contributed by atoms with Crippen molar-refractivity contribution in [2.75, 3.05) is 45.7 Å². The Balaban J connectivity index is 1.50. The van der Waals surface area contributed by atoms with Crippen LogP contribution in [0.5, 0.6) is 11.5 Å². The Hall–Kier alpha value is -2.90. The van der Waals surface area contributed by atoms with Crippen LogP contribution in [-0.4, -0.2) is 58.1 Å². The number of hydrogen-bond acceptors (Lipinski definition) is 4. The van der Waals surface area contributed by atoms with Gasteiger partial charge in [-0.1, -0.05) is 0 Å². The molecule has 3 rings (SSSR count). The number of carbonyl (C=O) groups is 2. The van der Waals surface area contributed by atoms with Gasteiger partial charge in [0.25, 0.3) is 5.91 Å². The minimum Gasteiger partial charge on any atom is -0.493 e. The van der Waals surface area contributed by atoms with E-state index in [1.165, 1.54) is 22.3 Å². The van der Waals surface area contributed by atoms with E-state index < -0.39 is 0 Å². The number of anilines is 1. The number of piperazine rings is 1. The van der Waals surface area contributed by atoms with Crippen LogP contribution in [0.15, 0.2) is 42.5 Å². The standard InChI is InChI=1S/C24H31N3O4/c1-17(24(29)25-21-8-6-20(7-9-21)18(2)28)27-13-11-26(12-14-27)16-19-5-10-22(30-3)23(15-19)31-4/h5-10,15,17H,11-14,16H2,1-4H3,(H,25,29)/p+2/t17-/m0/s1. The third-order valence-corrected chi connectivity index (χ3v) is 6.07. The normalized spacial score (nSPS) is 19.4. The zero-order valence-corrected chi connectivity index (χ0v) is 18.8. The molecule has 1 aliphatic rings. The highest BCUT2D eigenvalue weighted by atomic mass is 16.5. The first-order valence-electron chi connectivity index (χ1n) is 10.7. The van der Waals surface area contributed by atoms with Crippen LogP contribution in [0.1, 0.15) is 29.8 Å². The van der Waals surface area contributed by atoms with Crippen LogP contribution < -0.4 is 24.6 Å². The van der Waals surface area contributed by atoms with E-state index in [1.54, 1.807) is 38.5 Å². The second kappa shape index (κ2) is 10.4. The number of ketones is 1. The molecule has 0 unspecified atom stereocenters. The first-order chi connectivity index (χ1) is 14.9. The third-order valence-electron chi connectivity index (χ3n) is 6.07. The van der Waals surface area contributed by atoms with E-state index in [1.807, 2.05) is 19.1 Å². The highest BCUT2D eigenvalue weighted by Crippen LogP contribution is 2.27. The molecule has 0 radical (unpaired) electrons. The molecule has 1 saturated heterocycles. The summed E-state index contributed by atoms with van der Waals surface area (Å²) in [5.74, 6) is 1.52. The van der Waals surface area contributed by atoms with Gasteiger partial charge in [0.15, 0.2) is 23.3 Å². The van der Waals surface area contributed by atoms with Gasteiger partial charge in [0.2, 0.25) is 0 Å². The molecule has 0 aliphatic carbocycles. The molecule has 31 heavy (non-hydrogen) atoms. The molecule has 1 heterocycles. The molecule has 2 aromatic carbocycles. The average molecular weight is 428 g/mol. The molecule has 1 fully saturated rings. The number of Topliss-reactive ketones (excluding diaryl/α,β-unsaturated/α-hetero) is 1. The van der Waals surface area contributed by atoms with Crippen molar-refractivity contribution >= 4 is 17.4 Å². The summed E-state index contributed by atoms with van der Waals surface area (Å²) in [4.78, 5) is 26.9. The van der Waals surface area contributed by atoms with Gasteiger partial charge in [-0.15, -0.1) is 0 Å². The second-order valence-electron chi connectivity index (χ2n) is 8.12. The van der Waals surface area contributed by atoms with E-state index in [-0.39, 0.29) is 17.7 Å². The largest absolute Gasteiger partial charge is 0.493 e. The SMILES string of the molecule is COc1ccc(C[NH+]2CC[NH+]([C@@H](C)C(=O)Nc3ccc(C(C)=O)cc3)CC2)cc1OC. The maximum atomic E-state index is 12.7. The predicted octanol–water partition coefficient (Wildman–Crippen LogP) is 0.217. The first kappa shape index (κ1) is 22.8. The smallest absolute Gasteiger partial charge is 0.282 e. The number of carbonyl (C=O) groups excluding carboxylic acids is 2. The van der Waals surface area contributed by atoms with Crippen LogP contribution in [0, 0.1) is 0 Å². The fourth-order valence-electron chi connectivity index (χ4n) is 4.04. The molecule has 1 aliphatic heterocycles. The summed E-state index contributed by atoms with van der Waals surface area (Å²) in [5.41, 5.74) is 2.58. The van der Waals surface area contributed by atoms with Crippen LogP contribution in [0.2, 0.25) is 0 Å². The molecule has 0 bridgehead atoms. The lowest BCUT2D eigenvalue weighted by atomic mass is 10.1. The lowest BCUT2D eigenvalue weighted by Gasteiger charge is -2.32. The zero-order valence-electron chi connectivity index (χ0n) is 18.8. The molecule has 7 heteroatoms. The lowest BCUT2D eigenvalue weighted by molar-refractivity contribution is -1.02. The van der Waals surface area contributed by atoms with E-state index in [2.05, 4.69) is 11.4 Å². The van der Waals surface area contributed by atoms with Crippen LogP contribution >= 0.6 is 0 Å². The molecular weight excluding hydrogens is 394 g/mol. The molecular formula is C24H33N3O4+2. The van der Waals surface area contributed by atoms with Crippen LogP contribution in [0.25, 0.3) is 0 Å². The predicted molar refractivity (Wildman–Crippen MR) is 119 cm³/mol. The van der Waals surface area contributed by atoms with Gasteiger partial charge in [0.05, 0.1) is 14.2 Å². The van der Waals surface area contributed by atoms with Gasteiger partial charge in [0.1, 0.15) is 32.7 Å². The number of hydrogen-bond donors (Lipinski definition) is 3. The van der Waals surface area contributed by atoms with Crippen molar-refractivity contribution in [3.8, 4) is 11.5 Å². The molecule has 0 saturated carbocycles. The second-order valence-corrected chi connectivity index (χ2v) is 8.12. The summed E-state index contributed by atoms with van der Waals surface area (Å²) >= 11 is 0. The first-order valence-corrected chi connectivity index (χ1v) is 10.7. The Morgan fingerprint density at radius 2 is 1.61 bits per heavy atom. The van der Waals surface area contributed by atoms with Gasteiger partial charge in [0, 0.05) is 16.8 Å². The van der Waals surface area contributed by atoms with Crippen molar-refractivity contribution in [2.24, 2.45) is 0 Å². The van der Waals surface area contributed by atoms with E-state index >= 15 is 0 Å².